The number of nitrogens with one attached hydrogen (secondary N) is 2. The number of rotatable bonds is 9. The van der Waals surface area contributed by atoms with Crippen molar-refractivity contribution in [2.24, 2.45) is 0 Å². The van der Waals surface area contributed by atoms with Crippen molar-refractivity contribution in [3.8, 4) is 33.6 Å². The standard InChI is InChI=1S/C31H30N6O/c1-2-3-21-37(31(38)32-29-16-10-9-14-27(29)24-11-5-4-6-12-24)22-23-17-19-25(20-18-23)26-13-7-8-15-28(26)30-33-35-36-34-30/h4-20H,2-3,21-22H2,1H3,(H,32,38)(H,33,34,35,36). The summed E-state index contributed by atoms with van der Waals surface area (Å²) in [5, 5.41) is 17.5. The lowest BCUT2D eigenvalue weighted by molar-refractivity contribution is 0.208. The highest BCUT2D eigenvalue weighted by atomic mass is 16.2. The summed E-state index contributed by atoms with van der Waals surface area (Å²) in [4.78, 5) is 15.3. The normalized spacial score (nSPS) is 10.8. The topological polar surface area (TPSA) is 86.8 Å². The summed E-state index contributed by atoms with van der Waals surface area (Å²) in [5.74, 6) is 0.628. The van der Waals surface area contributed by atoms with Gasteiger partial charge in [-0.1, -0.05) is 110 Å². The molecule has 2 N–H and O–H groups in total. The fourth-order valence-electron chi connectivity index (χ4n) is 4.48. The molecule has 0 saturated carbocycles. The predicted octanol–water partition coefficient (Wildman–Crippen LogP) is 7.03. The average molecular weight is 503 g/mol. The Morgan fingerprint density at radius 3 is 2.16 bits per heavy atom. The van der Waals surface area contributed by atoms with E-state index in [0.717, 1.165) is 51.9 Å². The summed E-state index contributed by atoms with van der Waals surface area (Å²) >= 11 is 0. The maximum absolute atomic E-state index is 13.5. The van der Waals surface area contributed by atoms with Gasteiger partial charge in [-0.2, -0.15) is 0 Å². The van der Waals surface area contributed by atoms with Gasteiger partial charge in [-0.15, -0.1) is 5.10 Å². The van der Waals surface area contributed by atoms with Crippen LogP contribution in [0.2, 0.25) is 0 Å². The quantitative estimate of drug-likeness (QED) is 0.226. The van der Waals surface area contributed by atoms with Gasteiger partial charge in [0.1, 0.15) is 0 Å². The Morgan fingerprint density at radius 2 is 1.45 bits per heavy atom. The van der Waals surface area contributed by atoms with Crippen molar-refractivity contribution in [3.05, 3.63) is 109 Å². The van der Waals surface area contributed by atoms with Crippen LogP contribution in [0.3, 0.4) is 0 Å². The minimum absolute atomic E-state index is 0.103. The van der Waals surface area contributed by atoms with Crippen LogP contribution in [0.25, 0.3) is 33.6 Å². The van der Waals surface area contributed by atoms with E-state index in [0.29, 0.717) is 18.9 Å². The molecule has 4 aromatic carbocycles. The number of unbranched alkanes of at least 4 members (excludes halogenated alkanes) is 1. The summed E-state index contributed by atoms with van der Waals surface area (Å²) in [6, 6.07) is 34.3. The van der Waals surface area contributed by atoms with Gasteiger partial charge in [0.25, 0.3) is 0 Å². The molecule has 0 radical (unpaired) electrons. The molecule has 0 spiro atoms. The van der Waals surface area contributed by atoms with E-state index < -0.39 is 0 Å². The van der Waals surface area contributed by atoms with Crippen LogP contribution in [0.1, 0.15) is 25.3 Å². The predicted molar refractivity (Wildman–Crippen MR) is 151 cm³/mol. The van der Waals surface area contributed by atoms with E-state index in [1.807, 2.05) is 65.6 Å². The maximum Gasteiger partial charge on any atom is 0.322 e. The molecule has 0 aliphatic carbocycles. The number of H-pyrrole nitrogens is 1. The fraction of sp³-hybridized carbons (Fsp3) is 0.161. The fourth-order valence-corrected chi connectivity index (χ4v) is 4.48. The first-order valence-corrected chi connectivity index (χ1v) is 12.9. The number of benzene rings is 4. The number of amides is 2. The number of aromatic nitrogens is 4. The van der Waals surface area contributed by atoms with Gasteiger partial charge in [0.05, 0.1) is 5.69 Å². The molecular weight excluding hydrogens is 472 g/mol. The van der Waals surface area contributed by atoms with Gasteiger partial charge in [-0.3, -0.25) is 0 Å². The van der Waals surface area contributed by atoms with Gasteiger partial charge in [0.2, 0.25) is 0 Å². The second kappa shape index (κ2) is 12.0. The molecule has 1 aromatic heterocycles. The highest BCUT2D eigenvalue weighted by Crippen LogP contribution is 2.30. The van der Waals surface area contributed by atoms with Crippen LogP contribution < -0.4 is 5.32 Å². The van der Waals surface area contributed by atoms with Gasteiger partial charge in [-0.25, -0.2) is 9.89 Å². The van der Waals surface area contributed by atoms with Gasteiger partial charge in [0, 0.05) is 24.2 Å². The van der Waals surface area contributed by atoms with Crippen LogP contribution in [0.15, 0.2) is 103 Å². The molecule has 0 aliphatic heterocycles. The number of urea groups is 1. The summed E-state index contributed by atoms with van der Waals surface area (Å²) in [6.45, 7) is 3.34. The van der Waals surface area contributed by atoms with E-state index >= 15 is 0 Å². The largest absolute Gasteiger partial charge is 0.322 e. The Balaban J connectivity index is 1.34. The molecule has 5 rings (SSSR count). The summed E-state index contributed by atoms with van der Waals surface area (Å²) < 4.78 is 0. The molecule has 2 amide bonds. The van der Waals surface area contributed by atoms with Gasteiger partial charge in [-0.05, 0) is 45.2 Å². The molecule has 0 fully saturated rings. The number of aromatic amines is 1. The van der Waals surface area contributed by atoms with Crippen molar-refractivity contribution in [2.75, 3.05) is 11.9 Å². The molecule has 5 aromatic rings. The second-order valence-corrected chi connectivity index (χ2v) is 9.11. The van der Waals surface area contributed by atoms with Crippen LogP contribution in [-0.2, 0) is 6.54 Å². The SMILES string of the molecule is CCCCN(Cc1ccc(-c2ccccc2-c2nnn[nH]2)cc1)C(=O)Nc1ccccc1-c1ccccc1. The lowest BCUT2D eigenvalue weighted by Crippen LogP contribution is -2.35. The Kier molecular flexibility index (Phi) is 7.84. The van der Waals surface area contributed by atoms with E-state index in [1.165, 1.54) is 0 Å². The van der Waals surface area contributed by atoms with Gasteiger partial charge < -0.3 is 10.2 Å². The molecule has 0 atom stereocenters. The Hall–Kier alpha value is -4.78. The molecule has 0 aliphatic rings. The molecule has 0 bridgehead atoms. The number of carbonyl (C=O) groups excluding carboxylic acids is 1. The van der Waals surface area contributed by atoms with Crippen LogP contribution in [0.5, 0.6) is 0 Å². The lowest BCUT2D eigenvalue weighted by Gasteiger charge is -2.24. The number of carbonyl (C=O) groups is 1. The van der Waals surface area contributed by atoms with Crippen molar-refractivity contribution in [3.63, 3.8) is 0 Å². The smallest absolute Gasteiger partial charge is 0.320 e. The first kappa shape index (κ1) is 24.9. The highest BCUT2D eigenvalue weighted by molar-refractivity contribution is 5.94. The van der Waals surface area contributed by atoms with E-state index in [2.05, 4.69) is 75.3 Å². The average Bonchev–Trinajstić information content (AvgIpc) is 3.51. The first-order chi connectivity index (χ1) is 18.7. The molecule has 7 nitrogen and oxygen atoms in total. The monoisotopic (exact) mass is 502 g/mol. The Labute approximate surface area is 222 Å². The number of hydrogen-bond donors (Lipinski definition) is 2. The third kappa shape index (κ3) is 5.78. The van der Waals surface area contributed by atoms with Crippen molar-refractivity contribution >= 4 is 11.7 Å². The highest BCUT2D eigenvalue weighted by Gasteiger charge is 2.16. The number of para-hydroxylation sites is 1. The Bertz CT molecular complexity index is 1470. The van der Waals surface area contributed by atoms with Gasteiger partial charge >= 0.3 is 6.03 Å². The minimum atomic E-state index is -0.103. The van der Waals surface area contributed by atoms with Gasteiger partial charge in [0.15, 0.2) is 5.82 Å². The van der Waals surface area contributed by atoms with E-state index in [4.69, 9.17) is 0 Å². The minimum Gasteiger partial charge on any atom is -0.320 e. The van der Waals surface area contributed by atoms with Crippen LogP contribution >= 0.6 is 0 Å². The van der Waals surface area contributed by atoms with E-state index in [1.54, 1.807) is 0 Å². The van der Waals surface area contributed by atoms with Crippen molar-refractivity contribution in [1.82, 2.24) is 25.5 Å². The number of anilines is 1. The molecule has 190 valence electrons. The summed E-state index contributed by atoms with van der Waals surface area (Å²) in [5.41, 5.74) is 6.97. The van der Waals surface area contributed by atoms with Crippen molar-refractivity contribution in [1.29, 1.82) is 0 Å². The Morgan fingerprint density at radius 1 is 0.789 bits per heavy atom. The third-order valence-corrected chi connectivity index (χ3v) is 6.49. The third-order valence-electron chi connectivity index (χ3n) is 6.49. The molecule has 38 heavy (non-hydrogen) atoms. The lowest BCUT2D eigenvalue weighted by atomic mass is 9.98. The number of tetrazole rings is 1. The van der Waals surface area contributed by atoms with Crippen LogP contribution in [-0.4, -0.2) is 38.1 Å². The zero-order chi connectivity index (χ0) is 26.2. The zero-order valence-electron chi connectivity index (χ0n) is 21.3. The number of hydrogen-bond acceptors (Lipinski definition) is 4. The molecule has 0 unspecified atom stereocenters. The molecule has 0 saturated heterocycles. The van der Waals surface area contributed by atoms with Crippen LogP contribution in [0, 0.1) is 0 Å². The van der Waals surface area contributed by atoms with Crippen LogP contribution in [0.4, 0.5) is 10.5 Å². The second-order valence-electron chi connectivity index (χ2n) is 9.11. The zero-order valence-corrected chi connectivity index (χ0v) is 21.3. The number of nitrogens with zero attached hydrogens (tertiary/aromatic N) is 4. The summed E-state index contributed by atoms with van der Waals surface area (Å²) in [7, 11) is 0. The van der Waals surface area contributed by atoms with E-state index in [9.17, 15) is 4.79 Å². The molecule has 1 heterocycles. The molecular formula is C31H30N6O. The summed E-state index contributed by atoms with van der Waals surface area (Å²) in [6.07, 6.45) is 1.95. The maximum atomic E-state index is 13.5. The molecule has 7 heteroatoms. The van der Waals surface area contributed by atoms with E-state index in [-0.39, 0.29) is 6.03 Å². The van der Waals surface area contributed by atoms with Crippen molar-refractivity contribution < 1.29 is 4.79 Å². The first-order valence-electron chi connectivity index (χ1n) is 12.9. The van der Waals surface area contributed by atoms with Crippen molar-refractivity contribution in [2.45, 2.75) is 26.3 Å².